The van der Waals surface area contributed by atoms with Crippen molar-refractivity contribution in [1.29, 1.82) is 0 Å². The molecule has 0 spiro atoms. The molecule has 1 fully saturated rings. The van der Waals surface area contributed by atoms with Crippen molar-refractivity contribution in [3.8, 4) is 5.75 Å². The molecule has 2 rings (SSSR count). The molecular formula is C13H18N2O5S. The number of benzene rings is 1. The molecule has 1 saturated heterocycles. The first-order chi connectivity index (χ1) is 9.92. The molecule has 1 aromatic rings. The quantitative estimate of drug-likeness (QED) is 0.837. The molecule has 0 unspecified atom stereocenters. The fourth-order valence-electron chi connectivity index (χ4n) is 2.26. The van der Waals surface area contributed by atoms with Gasteiger partial charge in [0.15, 0.2) is 5.75 Å². The predicted molar refractivity (Wildman–Crippen MR) is 78.2 cm³/mol. The summed E-state index contributed by atoms with van der Waals surface area (Å²) < 4.78 is 30.0. The van der Waals surface area contributed by atoms with Crippen molar-refractivity contribution in [1.82, 2.24) is 4.31 Å². The van der Waals surface area contributed by atoms with E-state index in [-0.39, 0.29) is 0 Å². The zero-order valence-electron chi connectivity index (χ0n) is 11.7. The molecule has 0 radical (unpaired) electrons. The summed E-state index contributed by atoms with van der Waals surface area (Å²) >= 11 is 0. The van der Waals surface area contributed by atoms with Crippen LogP contribution < -0.4 is 9.64 Å². The van der Waals surface area contributed by atoms with Gasteiger partial charge in [0.25, 0.3) is 0 Å². The Morgan fingerprint density at radius 2 is 1.76 bits per heavy atom. The highest BCUT2D eigenvalue weighted by atomic mass is 32.2. The van der Waals surface area contributed by atoms with Gasteiger partial charge in [0, 0.05) is 31.9 Å². The molecule has 21 heavy (non-hydrogen) atoms. The lowest BCUT2D eigenvalue weighted by atomic mass is 10.2. The van der Waals surface area contributed by atoms with Crippen LogP contribution in [-0.4, -0.2) is 62.8 Å². The second-order valence-corrected chi connectivity index (χ2v) is 6.70. The van der Waals surface area contributed by atoms with E-state index in [9.17, 15) is 13.2 Å². The molecule has 0 aromatic heterocycles. The van der Waals surface area contributed by atoms with Crippen LogP contribution in [0.15, 0.2) is 24.3 Å². The van der Waals surface area contributed by atoms with Gasteiger partial charge in [0.1, 0.15) is 5.75 Å². The number of carboxylic acids is 1. The van der Waals surface area contributed by atoms with Crippen LogP contribution in [0.5, 0.6) is 5.75 Å². The summed E-state index contributed by atoms with van der Waals surface area (Å²) in [5, 5.41) is 8.63. The number of sulfonamides is 1. The number of piperazine rings is 1. The number of rotatable bonds is 5. The third-order valence-corrected chi connectivity index (χ3v) is 5.14. The minimum Gasteiger partial charge on any atom is -0.497 e. The van der Waals surface area contributed by atoms with Crippen LogP contribution in [0.25, 0.3) is 0 Å². The summed E-state index contributed by atoms with van der Waals surface area (Å²) in [4.78, 5) is 12.6. The third-order valence-electron chi connectivity index (χ3n) is 3.38. The Labute approximate surface area is 123 Å². The fourth-order valence-corrected chi connectivity index (χ4v) is 3.48. The molecule has 0 atom stereocenters. The van der Waals surface area contributed by atoms with Gasteiger partial charge in [-0.25, -0.2) is 8.42 Å². The van der Waals surface area contributed by atoms with Gasteiger partial charge < -0.3 is 14.7 Å². The van der Waals surface area contributed by atoms with Crippen LogP contribution >= 0.6 is 0 Å². The standard InChI is InChI=1S/C13H18N2O5S/c1-20-12-4-2-11(3-5-12)14-6-8-15(9-7-14)21(18,19)10-13(16)17/h2-5H,6-10H2,1H3,(H,16,17). The lowest BCUT2D eigenvalue weighted by Crippen LogP contribution is -2.49. The number of methoxy groups -OCH3 is 1. The Bertz CT molecular complexity index is 591. The number of aliphatic carboxylic acids is 1. The van der Waals surface area contributed by atoms with Crippen LogP contribution in [0.3, 0.4) is 0 Å². The number of carbonyl (C=O) groups is 1. The van der Waals surface area contributed by atoms with Crippen LogP contribution in [0.1, 0.15) is 0 Å². The summed E-state index contributed by atoms with van der Waals surface area (Å²) in [7, 11) is -2.11. The van der Waals surface area contributed by atoms with E-state index in [0.29, 0.717) is 26.2 Å². The lowest BCUT2D eigenvalue weighted by molar-refractivity contribution is -0.134. The summed E-state index contributed by atoms with van der Waals surface area (Å²) in [6.45, 7) is 1.65. The van der Waals surface area contributed by atoms with Gasteiger partial charge in [-0.1, -0.05) is 0 Å². The van der Waals surface area contributed by atoms with Crippen LogP contribution in [0.4, 0.5) is 5.69 Å². The number of hydrogen-bond donors (Lipinski definition) is 1. The Morgan fingerprint density at radius 3 is 2.24 bits per heavy atom. The van der Waals surface area contributed by atoms with E-state index in [1.807, 2.05) is 24.3 Å². The largest absolute Gasteiger partial charge is 0.497 e. The third kappa shape index (κ3) is 3.85. The summed E-state index contributed by atoms with van der Waals surface area (Å²) in [6.07, 6.45) is 0. The van der Waals surface area contributed by atoms with Gasteiger partial charge in [-0.05, 0) is 24.3 Å². The van der Waals surface area contributed by atoms with Gasteiger partial charge in [0.2, 0.25) is 10.0 Å². The molecular weight excluding hydrogens is 296 g/mol. The second-order valence-electron chi connectivity index (χ2n) is 4.73. The minimum absolute atomic E-state index is 0.293. The van der Waals surface area contributed by atoms with Gasteiger partial charge in [-0.15, -0.1) is 0 Å². The zero-order chi connectivity index (χ0) is 15.5. The van der Waals surface area contributed by atoms with E-state index in [2.05, 4.69) is 4.90 Å². The van der Waals surface area contributed by atoms with Crippen LogP contribution in [0, 0.1) is 0 Å². The Balaban J connectivity index is 1.98. The summed E-state index contributed by atoms with van der Waals surface area (Å²) in [5.41, 5.74) is 0.992. The summed E-state index contributed by atoms with van der Waals surface area (Å²) in [5.74, 6) is -1.41. The highest BCUT2D eigenvalue weighted by Gasteiger charge is 2.28. The molecule has 116 valence electrons. The van der Waals surface area contributed by atoms with Crippen LogP contribution in [-0.2, 0) is 14.8 Å². The number of ether oxygens (including phenoxy) is 1. The Hall–Kier alpha value is -1.80. The second kappa shape index (κ2) is 6.31. The number of nitrogens with zero attached hydrogens (tertiary/aromatic N) is 2. The van der Waals surface area contributed by atoms with Crippen molar-refractivity contribution >= 4 is 21.7 Å². The number of hydrogen-bond acceptors (Lipinski definition) is 5. The molecule has 1 aromatic carbocycles. The smallest absolute Gasteiger partial charge is 0.320 e. The molecule has 0 aliphatic carbocycles. The van der Waals surface area contributed by atoms with Crippen molar-refractivity contribution < 1.29 is 23.1 Å². The first-order valence-corrected chi connectivity index (χ1v) is 8.12. The maximum atomic E-state index is 11.8. The minimum atomic E-state index is -3.71. The maximum Gasteiger partial charge on any atom is 0.320 e. The highest BCUT2D eigenvalue weighted by Crippen LogP contribution is 2.21. The normalized spacial score (nSPS) is 16.7. The Kier molecular flexibility index (Phi) is 4.69. The van der Waals surface area contributed by atoms with Crippen molar-refractivity contribution in [2.75, 3.05) is 43.9 Å². The molecule has 1 N–H and O–H groups in total. The first kappa shape index (κ1) is 15.6. The Morgan fingerprint density at radius 1 is 1.19 bits per heavy atom. The van der Waals surface area contributed by atoms with Crippen LogP contribution in [0.2, 0.25) is 0 Å². The van der Waals surface area contributed by atoms with E-state index < -0.39 is 21.7 Å². The molecule has 1 aliphatic heterocycles. The molecule has 1 heterocycles. The van der Waals surface area contributed by atoms with Crippen molar-refractivity contribution in [2.24, 2.45) is 0 Å². The molecule has 0 bridgehead atoms. The first-order valence-electron chi connectivity index (χ1n) is 6.51. The molecule has 7 nitrogen and oxygen atoms in total. The van der Waals surface area contributed by atoms with Gasteiger partial charge in [-0.3, -0.25) is 4.79 Å². The summed E-state index contributed by atoms with van der Waals surface area (Å²) in [6, 6.07) is 7.53. The zero-order valence-corrected chi connectivity index (χ0v) is 12.5. The average molecular weight is 314 g/mol. The van der Waals surface area contributed by atoms with Crippen molar-refractivity contribution in [2.45, 2.75) is 0 Å². The monoisotopic (exact) mass is 314 g/mol. The van der Waals surface area contributed by atoms with Gasteiger partial charge >= 0.3 is 5.97 Å². The average Bonchev–Trinajstić information content (AvgIpc) is 2.46. The van der Waals surface area contributed by atoms with E-state index in [1.165, 1.54) is 4.31 Å². The topological polar surface area (TPSA) is 87.2 Å². The van der Waals surface area contributed by atoms with Crippen molar-refractivity contribution in [3.05, 3.63) is 24.3 Å². The SMILES string of the molecule is COc1ccc(N2CCN(S(=O)(=O)CC(=O)O)CC2)cc1. The van der Waals surface area contributed by atoms with Gasteiger partial charge in [0.05, 0.1) is 7.11 Å². The molecule has 0 amide bonds. The predicted octanol–water partition coefficient (Wildman–Crippen LogP) is 0.232. The number of carboxylic acid groups (broad SMARTS) is 1. The molecule has 1 aliphatic rings. The van der Waals surface area contributed by atoms with E-state index >= 15 is 0 Å². The fraction of sp³-hybridized carbons (Fsp3) is 0.462. The maximum absolute atomic E-state index is 11.8. The molecule has 8 heteroatoms. The van der Waals surface area contributed by atoms with Gasteiger partial charge in [-0.2, -0.15) is 4.31 Å². The van der Waals surface area contributed by atoms with Crippen molar-refractivity contribution in [3.63, 3.8) is 0 Å². The molecule has 0 saturated carbocycles. The van der Waals surface area contributed by atoms with E-state index in [1.54, 1.807) is 7.11 Å². The highest BCUT2D eigenvalue weighted by molar-refractivity contribution is 7.89. The number of anilines is 1. The van der Waals surface area contributed by atoms with E-state index in [4.69, 9.17) is 9.84 Å². The van der Waals surface area contributed by atoms with E-state index in [0.717, 1.165) is 11.4 Å². The lowest BCUT2D eigenvalue weighted by Gasteiger charge is -2.35.